The van der Waals surface area contributed by atoms with Crippen LogP contribution >= 0.6 is 0 Å². The molecule has 3 heteroatoms. The van der Waals surface area contributed by atoms with Crippen LogP contribution in [0.3, 0.4) is 0 Å². The van der Waals surface area contributed by atoms with Crippen molar-refractivity contribution >= 4 is 5.71 Å². The van der Waals surface area contributed by atoms with Gasteiger partial charge < -0.3 is 15.6 Å². The summed E-state index contributed by atoms with van der Waals surface area (Å²) in [4.78, 5) is 0. The minimum Gasteiger partial charge on any atom is -0.388 e. The molecular formula is C18H21NO2. The second kappa shape index (κ2) is 7.16. The molecule has 0 aliphatic rings. The standard InChI is InChI=1S/C18H21NO2/c1-2-15(19)16(17(20)13-9-5-3-6-10-13)18(21)14-11-7-4-8-12-14/h3-12,16-21H,2H2,1H3/t17-,18-/m1/s1. The van der Waals surface area contributed by atoms with Crippen molar-refractivity contribution in [2.75, 3.05) is 0 Å². The van der Waals surface area contributed by atoms with Crippen LogP contribution in [0.15, 0.2) is 60.7 Å². The third kappa shape index (κ3) is 3.57. The lowest BCUT2D eigenvalue weighted by atomic mass is 9.83. The summed E-state index contributed by atoms with van der Waals surface area (Å²) in [7, 11) is 0. The van der Waals surface area contributed by atoms with Gasteiger partial charge in [-0.1, -0.05) is 67.6 Å². The third-order valence-corrected chi connectivity index (χ3v) is 3.75. The topological polar surface area (TPSA) is 64.3 Å². The maximum atomic E-state index is 10.6. The highest BCUT2D eigenvalue weighted by molar-refractivity contribution is 5.85. The molecule has 0 amide bonds. The van der Waals surface area contributed by atoms with Crippen molar-refractivity contribution in [3.8, 4) is 0 Å². The van der Waals surface area contributed by atoms with Crippen LogP contribution in [0.5, 0.6) is 0 Å². The molecule has 0 heterocycles. The van der Waals surface area contributed by atoms with Gasteiger partial charge in [-0.25, -0.2) is 0 Å². The summed E-state index contributed by atoms with van der Waals surface area (Å²) >= 11 is 0. The molecule has 0 radical (unpaired) electrons. The Kier molecular flexibility index (Phi) is 5.26. The first-order valence-corrected chi connectivity index (χ1v) is 7.18. The molecule has 110 valence electrons. The second-order valence-corrected chi connectivity index (χ2v) is 5.12. The van der Waals surface area contributed by atoms with Crippen LogP contribution in [0, 0.1) is 11.3 Å². The lowest BCUT2D eigenvalue weighted by Crippen LogP contribution is -2.28. The third-order valence-electron chi connectivity index (χ3n) is 3.75. The molecule has 0 bridgehead atoms. The summed E-state index contributed by atoms with van der Waals surface area (Å²) < 4.78 is 0. The molecule has 0 fully saturated rings. The van der Waals surface area contributed by atoms with Crippen LogP contribution in [0.2, 0.25) is 0 Å². The van der Waals surface area contributed by atoms with Gasteiger partial charge in [0.15, 0.2) is 0 Å². The fraction of sp³-hybridized carbons (Fsp3) is 0.278. The van der Waals surface area contributed by atoms with E-state index >= 15 is 0 Å². The highest BCUT2D eigenvalue weighted by atomic mass is 16.3. The van der Waals surface area contributed by atoms with Crippen molar-refractivity contribution in [1.29, 1.82) is 5.41 Å². The van der Waals surface area contributed by atoms with E-state index in [1.807, 2.05) is 67.6 Å². The van der Waals surface area contributed by atoms with Crippen LogP contribution in [0.25, 0.3) is 0 Å². The van der Waals surface area contributed by atoms with Gasteiger partial charge in [-0.2, -0.15) is 0 Å². The average Bonchev–Trinajstić information content (AvgIpc) is 2.56. The fourth-order valence-electron chi connectivity index (χ4n) is 2.50. The second-order valence-electron chi connectivity index (χ2n) is 5.12. The van der Waals surface area contributed by atoms with Gasteiger partial charge in [0.25, 0.3) is 0 Å². The van der Waals surface area contributed by atoms with Crippen molar-refractivity contribution in [2.45, 2.75) is 25.6 Å². The Labute approximate surface area is 125 Å². The zero-order valence-electron chi connectivity index (χ0n) is 12.1. The smallest absolute Gasteiger partial charge is 0.0898 e. The van der Waals surface area contributed by atoms with Crippen molar-refractivity contribution in [3.05, 3.63) is 71.8 Å². The Morgan fingerprint density at radius 3 is 1.57 bits per heavy atom. The molecule has 3 nitrogen and oxygen atoms in total. The number of aliphatic hydroxyl groups excluding tert-OH is 2. The SMILES string of the molecule is CCC(=N)C([C@H](O)c1ccccc1)[C@H](O)c1ccccc1. The molecular weight excluding hydrogens is 262 g/mol. The minimum atomic E-state index is -0.895. The van der Waals surface area contributed by atoms with Gasteiger partial charge in [0.05, 0.1) is 18.1 Å². The Balaban J connectivity index is 2.33. The number of benzene rings is 2. The van der Waals surface area contributed by atoms with Gasteiger partial charge in [0.2, 0.25) is 0 Å². The van der Waals surface area contributed by atoms with Crippen LogP contribution in [-0.2, 0) is 0 Å². The number of nitrogens with one attached hydrogen (secondary N) is 1. The zero-order chi connectivity index (χ0) is 15.2. The normalized spacial score (nSPS) is 13.9. The van der Waals surface area contributed by atoms with Crippen LogP contribution < -0.4 is 0 Å². The molecule has 0 aliphatic heterocycles. The molecule has 0 aliphatic carbocycles. The van der Waals surface area contributed by atoms with E-state index in [9.17, 15) is 10.2 Å². The molecule has 2 aromatic rings. The average molecular weight is 283 g/mol. The van der Waals surface area contributed by atoms with Crippen LogP contribution in [0.4, 0.5) is 0 Å². The summed E-state index contributed by atoms with van der Waals surface area (Å²) in [6, 6.07) is 18.4. The van der Waals surface area contributed by atoms with Crippen LogP contribution in [0.1, 0.15) is 36.7 Å². The van der Waals surface area contributed by atoms with E-state index in [1.54, 1.807) is 0 Å². The first kappa shape index (κ1) is 15.4. The van der Waals surface area contributed by atoms with E-state index in [0.29, 0.717) is 12.1 Å². The number of hydrogen-bond donors (Lipinski definition) is 3. The molecule has 0 saturated carbocycles. The van der Waals surface area contributed by atoms with Gasteiger partial charge in [-0.15, -0.1) is 0 Å². The Morgan fingerprint density at radius 2 is 1.24 bits per heavy atom. The molecule has 2 aromatic carbocycles. The molecule has 2 rings (SSSR count). The van der Waals surface area contributed by atoms with Crippen LogP contribution in [-0.4, -0.2) is 15.9 Å². The van der Waals surface area contributed by atoms with Crippen molar-refractivity contribution in [1.82, 2.24) is 0 Å². The highest BCUT2D eigenvalue weighted by Crippen LogP contribution is 2.34. The van der Waals surface area contributed by atoms with Gasteiger partial charge in [0.1, 0.15) is 0 Å². The minimum absolute atomic E-state index is 0.350. The molecule has 0 unspecified atom stereocenters. The van der Waals surface area contributed by atoms with E-state index in [-0.39, 0.29) is 0 Å². The lowest BCUT2D eigenvalue weighted by molar-refractivity contribution is 0.0438. The van der Waals surface area contributed by atoms with E-state index in [1.165, 1.54) is 0 Å². The number of rotatable bonds is 6. The largest absolute Gasteiger partial charge is 0.388 e. The summed E-state index contributed by atoms with van der Waals surface area (Å²) in [5, 5.41) is 29.4. The highest BCUT2D eigenvalue weighted by Gasteiger charge is 2.31. The Hall–Kier alpha value is -1.97. The Bertz CT molecular complexity index is 523. The van der Waals surface area contributed by atoms with Crippen molar-refractivity contribution < 1.29 is 10.2 Å². The summed E-state index contributed by atoms with van der Waals surface area (Å²) in [6.45, 7) is 1.87. The molecule has 21 heavy (non-hydrogen) atoms. The van der Waals surface area contributed by atoms with Gasteiger partial charge in [0, 0.05) is 5.71 Å². The fourth-order valence-corrected chi connectivity index (χ4v) is 2.50. The molecule has 0 aromatic heterocycles. The quantitative estimate of drug-likeness (QED) is 0.710. The summed E-state index contributed by atoms with van der Waals surface area (Å²) in [6.07, 6.45) is -1.29. The maximum absolute atomic E-state index is 10.6. The van der Waals surface area contributed by atoms with E-state index in [2.05, 4.69) is 0 Å². The lowest BCUT2D eigenvalue weighted by Gasteiger charge is -2.28. The molecule has 2 atom stereocenters. The molecule has 3 N–H and O–H groups in total. The van der Waals surface area contributed by atoms with Gasteiger partial charge in [-0.05, 0) is 17.5 Å². The predicted octanol–water partition coefficient (Wildman–Crippen LogP) is 3.50. The zero-order valence-corrected chi connectivity index (χ0v) is 12.1. The van der Waals surface area contributed by atoms with E-state index in [0.717, 1.165) is 11.1 Å². The predicted molar refractivity (Wildman–Crippen MR) is 84.3 cm³/mol. The number of hydrogen-bond acceptors (Lipinski definition) is 3. The maximum Gasteiger partial charge on any atom is 0.0898 e. The Morgan fingerprint density at radius 1 is 0.857 bits per heavy atom. The summed E-state index contributed by atoms with van der Waals surface area (Å²) in [5.41, 5.74) is 1.79. The first-order valence-electron chi connectivity index (χ1n) is 7.18. The molecule has 0 spiro atoms. The van der Waals surface area contributed by atoms with Gasteiger partial charge >= 0.3 is 0 Å². The first-order chi connectivity index (χ1) is 10.1. The monoisotopic (exact) mass is 283 g/mol. The number of aliphatic hydroxyl groups is 2. The van der Waals surface area contributed by atoms with Crippen molar-refractivity contribution in [3.63, 3.8) is 0 Å². The van der Waals surface area contributed by atoms with Gasteiger partial charge in [-0.3, -0.25) is 0 Å². The molecule has 0 saturated heterocycles. The van der Waals surface area contributed by atoms with Crippen molar-refractivity contribution in [2.24, 2.45) is 5.92 Å². The summed E-state index contributed by atoms with van der Waals surface area (Å²) in [5.74, 6) is -0.639. The van der Waals surface area contributed by atoms with E-state index < -0.39 is 18.1 Å². The van der Waals surface area contributed by atoms with E-state index in [4.69, 9.17) is 5.41 Å².